The highest BCUT2D eigenvalue weighted by Gasteiger charge is 2.28. The molecule has 0 bridgehead atoms. The number of nitrogens with zero attached hydrogens (tertiary/aromatic N) is 1. The summed E-state index contributed by atoms with van der Waals surface area (Å²) in [5.41, 5.74) is 3.58. The molecule has 1 aromatic heterocycles. The van der Waals surface area contributed by atoms with Crippen LogP contribution in [-0.4, -0.2) is 36.0 Å². The molecular formula is C28H33N3O4S. The van der Waals surface area contributed by atoms with E-state index in [1.807, 2.05) is 50.2 Å². The van der Waals surface area contributed by atoms with Crippen molar-refractivity contribution in [1.29, 1.82) is 0 Å². The van der Waals surface area contributed by atoms with Gasteiger partial charge in [-0.3, -0.25) is 9.59 Å². The number of hydrogen-bond donors (Lipinski definition) is 2. The van der Waals surface area contributed by atoms with Gasteiger partial charge in [-0.15, -0.1) is 11.3 Å². The molecule has 0 radical (unpaired) electrons. The van der Waals surface area contributed by atoms with Crippen LogP contribution in [0.3, 0.4) is 0 Å². The number of thiazole rings is 1. The van der Waals surface area contributed by atoms with Gasteiger partial charge in [0.05, 0.1) is 13.5 Å². The Kier molecular flexibility index (Phi) is 8.59. The van der Waals surface area contributed by atoms with E-state index in [0.717, 1.165) is 58.9 Å². The number of nitrogens with one attached hydrogen (secondary N) is 2. The predicted octanol–water partition coefficient (Wildman–Crippen LogP) is 4.75. The predicted molar refractivity (Wildman–Crippen MR) is 141 cm³/mol. The van der Waals surface area contributed by atoms with Crippen LogP contribution in [0.1, 0.15) is 57.9 Å². The second-order valence-electron chi connectivity index (χ2n) is 9.30. The van der Waals surface area contributed by atoms with Crippen LogP contribution in [0, 0.1) is 13.8 Å². The molecule has 36 heavy (non-hydrogen) atoms. The van der Waals surface area contributed by atoms with Crippen molar-refractivity contribution in [1.82, 2.24) is 15.6 Å². The molecule has 1 fully saturated rings. The van der Waals surface area contributed by atoms with Crippen LogP contribution in [0.25, 0.3) is 0 Å². The maximum atomic E-state index is 12.9. The molecule has 2 aromatic carbocycles. The normalized spacial score (nSPS) is 17.3. The summed E-state index contributed by atoms with van der Waals surface area (Å²) >= 11 is 1.41. The second kappa shape index (κ2) is 12.0. The molecule has 0 saturated heterocycles. The van der Waals surface area contributed by atoms with E-state index in [1.54, 1.807) is 12.5 Å². The van der Waals surface area contributed by atoms with Crippen LogP contribution >= 0.6 is 11.3 Å². The number of ether oxygens (including phenoxy) is 2. The van der Waals surface area contributed by atoms with Crippen LogP contribution in [0.5, 0.6) is 11.5 Å². The summed E-state index contributed by atoms with van der Waals surface area (Å²) in [7, 11) is 1.62. The summed E-state index contributed by atoms with van der Waals surface area (Å²) in [6, 6.07) is 13.3. The fourth-order valence-electron chi connectivity index (χ4n) is 4.55. The summed E-state index contributed by atoms with van der Waals surface area (Å²) < 4.78 is 11.1. The van der Waals surface area contributed by atoms with E-state index in [2.05, 4.69) is 21.7 Å². The van der Waals surface area contributed by atoms with E-state index in [-0.39, 0.29) is 30.3 Å². The Hall–Kier alpha value is -3.39. The minimum Gasteiger partial charge on any atom is -0.497 e. The topological polar surface area (TPSA) is 89.6 Å². The smallest absolute Gasteiger partial charge is 0.271 e. The van der Waals surface area contributed by atoms with E-state index < -0.39 is 0 Å². The van der Waals surface area contributed by atoms with Crippen molar-refractivity contribution < 1.29 is 19.1 Å². The highest BCUT2D eigenvalue weighted by molar-refractivity contribution is 7.09. The van der Waals surface area contributed by atoms with Crippen LogP contribution in [0.15, 0.2) is 47.8 Å². The zero-order valence-corrected chi connectivity index (χ0v) is 21.8. The van der Waals surface area contributed by atoms with Crippen molar-refractivity contribution in [3.05, 3.63) is 75.2 Å². The number of rotatable bonds is 9. The van der Waals surface area contributed by atoms with Crippen molar-refractivity contribution in [2.24, 2.45) is 0 Å². The number of carbonyl (C=O) groups excluding carboxylic acids is 2. The number of hydrogen-bond acceptors (Lipinski definition) is 6. The maximum Gasteiger partial charge on any atom is 0.271 e. The fourth-order valence-corrected chi connectivity index (χ4v) is 5.23. The lowest BCUT2D eigenvalue weighted by atomic mass is 9.90. The Bertz CT molecular complexity index is 1170. The third-order valence-electron chi connectivity index (χ3n) is 6.29. The van der Waals surface area contributed by atoms with Crippen LogP contribution in [0.4, 0.5) is 0 Å². The first-order valence-corrected chi connectivity index (χ1v) is 13.2. The summed E-state index contributed by atoms with van der Waals surface area (Å²) in [4.78, 5) is 30.1. The van der Waals surface area contributed by atoms with Crippen molar-refractivity contribution in [2.75, 3.05) is 7.11 Å². The molecule has 0 unspecified atom stereocenters. The Balaban J connectivity index is 1.31. The fraction of sp³-hybridized carbons (Fsp3) is 0.393. The molecule has 1 heterocycles. The van der Waals surface area contributed by atoms with Crippen LogP contribution in [0.2, 0.25) is 0 Å². The number of methoxy groups -OCH3 is 1. The Labute approximate surface area is 216 Å². The molecule has 3 aromatic rings. The molecule has 1 aliphatic carbocycles. The van der Waals surface area contributed by atoms with Crippen LogP contribution < -0.4 is 20.1 Å². The van der Waals surface area contributed by atoms with Crippen molar-refractivity contribution in [2.45, 2.75) is 64.6 Å². The molecule has 8 heteroatoms. The van der Waals surface area contributed by atoms with Gasteiger partial charge in [-0.05, 0) is 67.6 Å². The summed E-state index contributed by atoms with van der Waals surface area (Å²) in [5.74, 6) is 1.29. The van der Waals surface area contributed by atoms with E-state index in [1.165, 1.54) is 11.3 Å². The van der Waals surface area contributed by atoms with Gasteiger partial charge in [0.15, 0.2) is 0 Å². The highest BCUT2D eigenvalue weighted by Crippen LogP contribution is 2.21. The molecule has 2 atom stereocenters. The molecular weight excluding hydrogens is 474 g/mol. The number of aryl methyl sites for hydroxylation is 2. The average molecular weight is 508 g/mol. The first-order valence-electron chi connectivity index (χ1n) is 12.3. The quantitative estimate of drug-likeness (QED) is 0.436. The Morgan fingerprint density at radius 1 is 0.972 bits per heavy atom. The van der Waals surface area contributed by atoms with Gasteiger partial charge in [0.1, 0.15) is 28.8 Å². The van der Waals surface area contributed by atoms with Gasteiger partial charge < -0.3 is 20.1 Å². The standard InChI is InChI=1S/C28H33N3O4S/c1-18-12-19(2)14-22(13-18)35-16-27-30-25(17-36-27)28(33)31-24-7-5-4-6-23(24)29-26(32)15-20-8-10-21(34-3)11-9-20/h8-14,17,23-24H,4-7,15-16H2,1-3H3,(H,29,32)(H,31,33)/t23-,24+/m0/s1. The molecule has 190 valence electrons. The summed E-state index contributed by atoms with van der Waals surface area (Å²) in [6.07, 6.45) is 3.99. The van der Waals surface area contributed by atoms with Gasteiger partial charge in [-0.2, -0.15) is 0 Å². The number of aromatic nitrogens is 1. The van der Waals surface area contributed by atoms with Crippen molar-refractivity contribution >= 4 is 23.2 Å². The zero-order chi connectivity index (χ0) is 25.5. The molecule has 2 N–H and O–H groups in total. The number of amides is 2. The van der Waals surface area contributed by atoms with Gasteiger partial charge in [0.25, 0.3) is 5.91 Å². The minimum absolute atomic E-state index is 0.0502. The first kappa shape index (κ1) is 25.7. The van der Waals surface area contributed by atoms with Gasteiger partial charge in [-0.25, -0.2) is 4.98 Å². The van der Waals surface area contributed by atoms with E-state index in [9.17, 15) is 9.59 Å². The summed E-state index contributed by atoms with van der Waals surface area (Å²) in [6.45, 7) is 4.38. The second-order valence-corrected chi connectivity index (χ2v) is 10.2. The molecule has 1 saturated carbocycles. The third-order valence-corrected chi connectivity index (χ3v) is 7.12. The number of benzene rings is 2. The van der Waals surface area contributed by atoms with Gasteiger partial charge in [0, 0.05) is 17.5 Å². The van der Waals surface area contributed by atoms with E-state index in [0.29, 0.717) is 12.3 Å². The largest absolute Gasteiger partial charge is 0.497 e. The van der Waals surface area contributed by atoms with Gasteiger partial charge in [0.2, 0.25) is 5.91 Å². The minimum atomic E-state index is -0.217. The zero-order valence-electron chi connectivity index (χ0n) is 21.0. The van der Waals surface area contributed by atoms with Crippen molar-refractivity contribution in [3.63, 3.8) is 0 Å². The molecule has 2 amide bonds. The number of carbonyl (C=O) groups is 2. The Morgan fingerprint density at radius 2 is 1.64 bits per heavy atom. The highest BCUT2D eigenvalue weighted by atomic mass is 32.1. The average Bonchev–Trinajstić information content (AvgIpc) is 3.33. The van der Waals surface area contributed by atoms with Gasteiger partial charge >= 0.3 is 0 Å². The molecule has 0 aliphatic heterocycles. The lowest BCUT2D eigenvalue weighted by Crippen LogP contribution is -2.53. The molecule has 7 nitrogen and oxygen atoms in total. The van der Waals surface area contributed by atoms with Gasteiger partial charge in [-0.1, -0.05) is 31.0 Å². The first-order chi connectivity index (χ1) is 17.4. The molecule has 0 spiro atoms. The SMILES string of the molecule is COc1ccc(CC(=O)N[C@H]2CCCC[C@H]2NC(=O)c2csc(COc3cc(C)cc(C)c3)n2)cc1. The maximum absolute atomic E-state index is 12.9. The van der Waals surface area contributed by atoms with Crippen molar-refractivity contribution in [3.8, 4) is 11.5 Å². The molecule has 1 aliphatic rings. The lowest BCUT2D eigenvalue weighted by molar-refractivity contribution is -0.121. The molecule has 4 rings (SSSR count). The Morgan fingerprint density at radius 3 is 2.31 bits per heavy atom. The van der Waals surface area contributed by atoms with E-state index in [4.69, 9.17) is 9.47 Å². The van der Waals surface area contributed by atoms with E-state index >= 15 is 0 Å². The van der Waals surface area contributed by atoms with Crippen LogP contribution in [-0.2, 0) is 17.8 Å². The summed E-state index contributed by atoms with van der Waals surface area (Å²) in [5, 5.41) is 8.74. The lowest BCUT2D eigenvalue weighted by Gasteiger charge is -2.32. The third kappa shape index (κ3) is 7.07. The monoisotopic (exact) mass is 507 g/mol.